The lowest BCUT2D eigenvalue weighted by molar-refractivity contribution is 0.0627. The Balaban J connectivity index is 1.60. The van der Waals surface area contributed by atoms with Gasteiger partial charge in [-0.2, -0.15) is 0 Å². The van der Waals surface area contributed by atoms with Crippen molar-refractivity contribution in [2.24, 2.45) is 0 Å². The molecule has 2 aromatic rings. The van der Waals surface area contributed by atoms with Crippen LogP contribution in [0.5, 0.6) is 0 Å². The monoisotopic (exact) mass is 342 g/mol. The Morgan fingerprint density at radius 2 is 1.92 bits per heavy atom. The molecule has 1 aliphatic rings. The van der Waals surface area contributed by atoms with Crippen molar-refractivity contribution in [3.8, 4) is 0 Å². The van der Waals surface area contributed by atoms with Crippen LogP contribution in [0, 0.1) is 13.8 Å². The van der Waals surface area contributed by atoms with Crippen LogP contribution >= 0.6 is 0 Å². The van der Waals surface area contributed by atoms with Crippen LogP contribution in [0.3, 0.4) is 0 Å². The van der Waals surface area contributed by atoms with Gasteiger partial charge in [0.1, 0.15) is 5.76 Å². The van der Waals surface area contributed by atoms with Gasteiger partial charge in [0.15, 0.2) is 0 Å². The standard InChI is InChI=1S/C19H26N4O2/c1-14-18(15(2)25-20-14)13-22-8-10-23(11-9-22)19(24)16-6-5-7-17(12-16)21(3)4/h5-7,12H,8-11,13H2,1-4H3. The summed E-state index contributed by atoms with van der Waals surface area (Å²) < 4.78 is 5.24. The molecule has 0 atom stereocenters. The molecule has 6 nitrogen and oxygen atoms in total. The number of carbonyl (C=O) groups excluding carboxylic acids is 1. The number of aryl methyl sites for hydroxylation is 2. The van der Waals surface area contributed by atoms with Crippen LogP contribution in [0.1, 0.15) is 27.4 Å². The summed E-state index contributed by atoms with van der Waals surface area (Å²) >= 11 is 0. The minimum Gasteiger partial charge on any atom is -0.378 e. The number of anilines is 1. The number of piperazine rings is 1. The van der Waals surface area contributed by atoms with Gasteiger partial charge in [0.25, 0.3) is 5.91 Å². The third-order valence-electron chi connectivity index (χ3n) is 4.83. The van der Waals surface area contributed by atoms with Gasteiger partial charge in [-0.3, -0.25) is 9.69 Å². The summed E-state index contributed by atoms with van der Waals surface area (Å²) in [5, 5.41) is 4.02. The first-order chi connectivity index (χ1) is 12.0. The maximum absolute atomic E-state index is 12.8. The van der Waals surface area contributed by atoms with E-state index in [1.165, 1.54) is 5.56 Å². The summed E-state index contributed by atoms with van der Waals surface area (Å²) in [6.45, 7) is 7.98. The summed E-state index contributed by atoms with van der Waals surface area (Å²) in [7, 11) is 3.97. The number of amides is 1. The Morgan fingerprint density at radius 1 is 1.20 bits per heavy atom. The molecule has 1 aliphatic heterocycles. The summed E-state index contributed by atoms with van der Waals surface area (Å²) in [5.74, 6) is 0.997. The molecule has 0 spiro atoms. The number of hydrogen-bond donors (Lipinski definition) is 0. The van der Waals surface area contributed by atoms with Gasteiger partial charge in [-0.15, -0.1) is 0 Å². The van der Waals surface area contributed by atoms with E-state index in [9.17, 15) is 4.79 Å². The maximum atomic E-state index is 12.8. The Bertz CT molecular complexity index is 726. The van der Waals surface area contributed by atoms with Gasteiger partial charge in [0.05, 0.1) is 5.69 Å². The molecule has 0 aliphatic carbocycles. The summed E-state index contributed by atoms with van der Waals surface area (Å²) in [6, 6.07) is 7.80. The fraction of sp³-hybridized carbons (Fsp3) is 0.474. The van der Waals surface area contributed by atoms with Crippen LogP contribution < -0.4 is 4.90 Å². The summed E-state index contributed by atoms with van der Waals surface area (Å²) in [4.78, 5) is 19.1. The molecule has 25 heavy (non-hydrogen) atoms. The number of benzene rings is 1. The van der Waals surface area contributed by atoms with Crippen molar-refractivity contribution in [1.29, 1.82) is 0 Å². The SMILES string of the molecule is Cc1noc(C)c1CN1CCN(C(=O)c2cccc(N(C)C)c2)CC1. The largest absolute Gasteiger partial charge is 0.378 e. The molecule has 0 unspecified atom stereocenters. The first-order valence-electron chi connectivity index (χ1n) is 8.66. The highest BCUT2D eigenvalue weighted by Crippen LogP contribution is 2.18. The second kappa shape index (κ2) is 7.27. The van der Waals surface area contributed by atoms with E-state index in [-0.39, 0.29) is 5.91 Å². The lowest BCUT2D eigenvalue weighted by Crippen LogP contribution is -2.48. The van der Waals surface area contributed by atoms with Gasteiger partial charge in [0, 0.05) is 63.6 Å². The van der Waals surface area contributed by atoms with E-state index in [0.29, 0.717) is 0 Å². The van der Waals surface area contributed by atoms with Crippen LogP contribution in [-0.4, -0.2) is 61.1 Å². The van der Waals surface area contributed by atoms with Crippen molar-refractivity contribution in [2.75, 3.05) is 45.2 Å². The Hall–Kier alpha value is -2.34. The molecule has 0 N–H and O–H groups in total. The molecule has 134 valence electrons. The normalized spacial score (nSPS) is 15.4. The van der Waals surface area contributed by atoms with Gasteiger partial charge >= 0.3 is 0 Å². The maximum Gasteiger partial charge on any atom is 0.254 e. The Morgan fingerprint density at radius 3 is 2.52 bits per heavy atom. The number of hydrogen-bond acceptors (Lipinski definition) is 5. The number of carbonyl (C=O) groups is 1. The Labute approximate surface area is 149 Å². The van der Waals surface area contributed by atoms with Crippen molar-refractivity contribution in [3.05, 3.63) is 46.8 Å². The van der Waals surface area contributed by atoms with Crippen LogP contribution in [0.15, 0.2) is 28.8 Å². The molecule has 0 radical (unpaired) electrons. The van der Waals surface area contributed by atoms with Crippen molar-refractivity contribution < 1.29 is 9.32 Å². The zero-order valence-corrected chi connectivity index (χ0v) is 15.5. The molecule has 0 saturated carbocycles. The van der Waals surface area contributed by atoms with Crippen molar-refractivity contribution in [1.82, 2.24) is 15.0 Å². The first-order valence-corrected chi connectivity index (χ1v) is 8.66. The molecule has 1 aromatic heterocycles. The summed E-state index contributed by atoms with van der Waals surface area (Å²) in [6.07, 6.45) is 0. The smallest absolute Gasteiger partial charge is 0.254 e. The average molecular weight is 342 g/mol. The average Bonchev–Trinajstić information content (AvgIpc) is 2.94. The third kappa shape index (κ3) is 3.85. The van der Waals surface area contributed by atoms with E-state index in [4.69, 9.17) is 4.52 Å². The molecule has 6 heteroatoms. The van der Waals surface area contributed by atoms with Crippen LogP contribution in [-0.2, 0) is 6.54 Å². The molecule has 2 heterocycles. The van der Waals surface area contributed by atoms with E-state index in [1.807, 2.05) is 62.0 Å². The summed E-state index contributed by atoms with van der Waals surface area (Å²) in [5.41, 5.74) is 3.92. The van der Waals surface area contributed by atoms with Crippen LogP contribution in [0.4, 0.5) is 5.69 Å². The van der Waals surface area contributed by atoms with Crippen molar-refractivity contribution >= 4 is 11.6 Å². The van der Waals surface area contributed by atoms with Crippen LogP contribution in [0.2, 0.25) is 0 Å². The molecule has 1 fully saturated rings. The van der Waals surface area contributed by atoms with Gasteiger partial charge < -0.3 is 14.3 Å². The fourth-order valence-electron chi connectivity index (χ4n) is 3.16. The zero-order chi connectivity index (χ0) is 18.0. The number of aromatic nitrogens is 1. The number of rotatable bonds is 4. The fourth-order valence-corrected chi connectivity index (χ4v) is 3.16. The molecular weight excluding hydrogens is 316 g/mol. The second-order valence-electron chi connectivity index (χ2n) is 6.82. The second-order valence-corrected chi connectivity index (χ2v) is 6.82. The van der Waals surface area contributed by atoms with E-state index >= 15 is 0 Å². The molecule has 1 saturated heterocycles. The van der Waals surface area contributed by atoms with E-state index in [1.54, 1.807) is 0 Å². The lowest BCUT2D eigenvalue weighted by atomic mass is 10.1. The van der Waals surface area contributed by atoms with E-state index in [0.717, 1.165) is 55.4 Å². The predicted molar refractivity (Wildman–Crippen MR) is 97.9 cm³/mol. The highest BCUT2D eigenvalue weighted by molar-refractivity contribution is 5.95. The minimum atomic E-state index is 0.112. The third-order valence-corrected chi connectivity index (χ3v) is 4.83. The van der Waals surface area contributed by atoms with Crippen LogP contribution in [0.25, 0.3) is 0 Å². The molecule has 3 rings (SSSR count). The van der Waals surface area contributed by atoms with Gasteiger partial charge in [-0.25, -0.2) is 0 Å². The first kappa shape index (κ1) is 17.5. The molecule has 0 bridgehead atoms. The highest BCUT2D eigenvalue weighted by Gasteiger charge is 2.23. The predicted octanol–water partition coefficient (Wildman–Crippen LogP) is 2.32. The number of nitrogens with zero attached hydrogens (tertiary/aromatic N) is 4. The molecule has 1 aromatic carbocycles. The molecule has 1 amide bonds. The van der Waals surface area contributed by atoms with E-state index < -0.39 is 0 Å². The molecular formula is C19H26N4O2. The van der Waals surface area contributed by atoms with Crippen molar-refractivity contribution in [2.45, 2.75) is 20.4 Å². The quantitative estimate of drug-likeness (QED) is 0.853. The zero-order valence-electron chi connectivity index (χ0n) is 15.5. The highest BCUT2D eigenvalue weighted by atomic mass is 16.5. The minimum absolute atomic E-state index is 0.112. The topological polar surface area (TPSA) is 52.8 Å². The van der Waals surface area contributed by atoms with E-state index in [2.05, 4.69) is 10.1 Å². The lowest BCUT2D eigenvalue weighted by Gasteiger charge is -2.34. The van der Waals surface area contributed by atoms with Gasteiger partial charge in [-0.05, 0) is 32.0 Å². The van der Waals surface area contributed by atoms with Crippen molar-refractivity contribution in [3.63, 3.8) is 0 Å². The van der Waals surface area contributed by atoms with Gasteiger partial charge in [-0.1, -0.05) is 11.2 Å². The Kier molecular flexibility index (Phi) is 5.08. The van der Waals surface area contributed by atoms with Gasteiger partial charge in [0.2, 0.25) is 0 Å².